The predicted molar refractivity (Wildman–Crippen MR) is 142 cm³/mol. The summed E-state index contributed by atoms with van der Waals surface area (Å²) in [5.74, 6) is 1.69. The second-order valence-electron chi connectivity index (χ2n) is 9.42. The molecule has 3 aliphatic rings. The van der Waals surface area contributed by atoms with Crippen molar-refractivity contribution in [1.29, 1.82) is 0 Å². The van der Waals surface area contributed by atoms with E-state index in [1.54, 1.807) is 6.33 Å². The Morgan fingerprint density at radius 2 is 1.71 bits per heavy atom. The summed E-state index contributed by atoms with van der Waals surface area (Å²) >= 11 is 6.12. The van der Waals surface area contributed by atoms with E-state index in [9.17, 15) is 4.79 Å². The third-order valence-corrected chi connectivity index (χ3v) is 7.61. The lowest BCUT2D eigenvalue weighted by molar-refractivity contribution is -0.133. The molecular weight excluding hydrogens is 493 g/mol. The minimum Gasteiger partial charge on any atom is -0.353 e. The molecule has 186 valence electrons. The van der Waals surface area contributed by atoms with Crippen molar-refractivity contribution in [1.82, 2.24) is 19.8 Å². The molecule has 2 saturated heterocycles. The van der Waals surface area contributed by atoms with Gasteiger partial charge in [0.1, 0.15) is 12.1 Å². The van der Waals surface area contributed by atoms with Gasteiger partial charge in [0.05, 0.1) is 5.92 Å². The van der Waals surface area contributed by atoms with Crippen LogP contribution in [0.2, 0.25) is 5.02 Å². The fourth-order valence-electron chi connectivity index (χ4n) is 5.48. The van der Waals surface area contributed by atoms with Gasteiger partial charge in [0.25, 0.3) is 0 Å². The Balaban J connectivity index is 0.00000162. The molecule has 2 aromatic rings. The molecule has 2 fully saturated rings. The molecule has 9 heteroatoms. The fourth-order valence-corrected chi connectivity index (χ4v) is 5.60. The van der Waals surface area contributed by atoms with Crippen LogP contribution in [0.5, 0.6) is 0 Å². The number of carbonyl (C=O) groups is 1. The molecule has 5 rings (SSSR count). The Labute approximate surface area is 219 Å². The highest BCUT2D eigenvalue weighted by Gasteiger charge is 2.33. The van der Waals surface area contributed by atoms with Crippen LogP contribution < -0.4 is 4.90 Å². The van der Waals surface area contributed by atoms with Crippen LogP contribution >= 0.6 is 36.4 Å². The minimum atomic E-state index is -0.139. The van der Waals surface area contributed by atoms with Crippen molar-refractivity contribution in [3.63, 3.8) is 0 Å². The summed E-state index contributed by atoms with van der Waals surface area (Å²) in [4.78, 5) is 29.7. The summed E-state index contributed by atoms with van der Waals surface area (Å²) in [6, 6.07) is 7.83. The minimum absolute atomic E-state index is 0. The van der Waals surface area contributed by atoms with Crippen molar-refractivity contribution in [3.8, 4) is 0 Å². The molecule has 0 N–H and O–H groups in total. The molecule has 1 aromatic heterocycles. The average Bonchev–Trinajstić information content (AvgIpc) is 3.48. The summed E-state index contributed by atoms with van der Waals surface area (Å²) < 4.78 is 0. The highest BCUT2D eigenvalue weighted by Crippen LogP contribution is 2.37. The van der Waals surface area contributed by atoms with Crippen molar-refractivity contribution in [2.24, 2.45) is 0 Å². The van der Waals surface area contributed by atoms with Gasteiger partial charge in [-0.15, -0.1) is 24.8 Å². The number of aryl methyl sites for hydroxylation is 1. The summed E-state index contributed by atoms with van der Waals surface area (Å²) in [6.45, 7) is 8.33. The second-order valence-corrected chi connectivity index (χ2v) is 9.86. The molecular formula is C25H34Cl3N5O. The number of aromatic nitrogens is 2. The molecule has 1 amide bonds. The maximum atomic E-state index is 13.7. The van der Waals surface area contributed by atoms with Gasteiger partial charge in [-0.25, -0.2) is 9.97 Å². The van der Waals surface area contributed by atoms with E-state index in [0.29, 0.717) is 10.9 Å². The number of piperazine rings is 1. The topological polar surface area (TPSA) is 52.6 Å². The van der Waals surface area contributed by atoms with E-state index in [0.717, 1.165) is 70.0 Å². The maximum Gasteiger partial charge on any atom is 0.231 e. The number of hydrogen-bond acceptors (Lipinski definition) is 5. The van der Waals surface area contributed by atoms with Crippen molar-refractivity contribution in [2.45, 2.75) is 44.4 Å². The van der Waals surface area contributed by atoms with Gasteiger partial charge in [-0.1, -0.05) is 30.7 Å². The molecule has 2 aliphatic heterocycles. The number of nitrogens with zero attached hydrogens (tertiary/aromatic N) is 5. The normalized spacial score (nSPS) is 20.9. The van der Waals surface area contributed by atoms with Gasteiger partial charge in [-0.3, -0.25) is 4.79 Å². The summed E-state index contributed by atoms with van der Waals surface area (Å²) in [5, 5.41) is 0.710. The Hall–Kier alpha value is -1.60. The molecule has 0 spiro atoms. The van der Waals surface area contributed by atoms with Crippen molar-refractivity contribution in [2.75, 3.05) is 50.7 Å². The summed E-state index contributed by atoms with van der Waals surface area (Å²) in [7, 11) is 0. The Morgan fingerprint density at radius 1 is 1.03 bits per heavy atom. The van der Waals surface area contributed by atoms with Gasteiger partial charge in [0.2, 0.25) is 5.91 Å². The van der Waals surface area contributed by atoms with Gasteiger partial charge in [-0.05, 0) is 62.4 Å². The van der Waals surface area contributed by atoms with E-state index >= 15 is 0 Å². The largest absolute Gasteiger partial charge is 0.353 e. The third kappa shape index (κ3) is 5.62. The summed E-state index contributed by atoms with van der Waals surface area (Å²) in [6.07, 6.45) is 6.35. The SMILES string of the molecule is C[C@@H]1CCc2ncnc(N3CCN(C(=O)[C@H](CN4CCCC4)c4ccc(Cl)cc4)CC3)c21.Cl.Cl. The predicted octanol–water partition coefficient (Wildman–Crippen LogP) is 4.55. The van der Waals surface area contributed by atoms with Gasteiger partial charge in [0.15, 0.2) is 0 Å². The molecule has 1 aliphatic carbocycles. The first kappa shape index (κ1) is 27.0. The van der Waals surface area contributed by atoms with Gasteiger partial charge in [-0.2, -0.15) is 0 Å². The van der Waals surface area contributed by atoms with E-state index in [-0.39, 0.29) is 36.6 Å². The van der Waals surface area contributed by atoms with E-state index < -0.39 is 0 Å². The van der Waals surface area contributed by atoms with E-state index in [4.69, 9.17) is 11.6 Å². The highest BCUT2D eigenvalue weighted by molar-refractivity contribution is 6.30. The van der Waals surface area contributed by atoms with Gasteiger partial charge < -0.3 is 14.7 Å². The molecule has 0 saturated carbocycles. The third-order valence-electron chi connectivity index (χ3n) is 7.35. The molecule has 2 atom stereocenters. The van der Waals surface area contributed by atoms with Crippen molar-refractivity contribution >= 4 is 48.1 Å². The van der Waals surface area contributed by atoms with E-state index in [1.165, 1.54) is 24.1 Å². The van der Waals surface area contributed by atoms with Crippen LogP contribution in [0.15, 0.2) is 30.6 Å². The van der Waals surface area contributed by atoms with E-state index in [1.807, 2.05) is 24.3 Å². The number of hydrogen-bond donors (Lipinski definition) is 0. The number of benzene rings is 1. The number of anilines is 1. The Kier molecular flexibility index (Phi) is 9.44. The second kappa shape index (κ2) is 11.9. The maximum absolute atomic E-state index is 13.7. The molecule has 1 aromatic carbocycles. The highest BCUT2D eigenvalue weighted by atomic mass is 35.5. The lowest BCUT2D eigenvalue weighted by Crippen LogP contribution is -2.51. The smallest absolute Gasteiger partial charge is 0.231 e. The first-order valence-electron chi connectivity index (χ1n) is 12.0. The average molecular weight is 527 g/mol. The Morgan fingerprint density at radius 3 is 2.38 bits per heavy atom. The number of carbonyl (C=O) groups excluding carboxylic acids is 1. The zero-order valence-electron chi connectivity index (χ0n) is 19.7. The number of fused-ring (bicyclic) bond motifs is 1. The molecule has 0 bridgehead atoms. The zero-order chi connectivity index (χ0) is 22.1. The molecule has 34 heavy (non-hydrogen) atoms. The van der Waals surface area contributed by atoms with Gasteiger partial charge >= 0.3 is 0 Å². The van der Waals surface area contributed by atoms with Crippen molar-refractivity contribution in [3.05, 3.63) is 52.4 Å². The van der Waals surface area contributed by atoms with Crippen LogP contribution in [0.3, 0.4) is 0 Å². The zero-order valence-corrected chi connectivity index (χ0v) is 22.0. The van der Waals surface area contributed by atoms with Crippen LogP contribution in [0.1, 0.15) is 54.8 Å². The van der Waals surface area contributed by atoms with Crippen LogP contribution in [0, 0.1) is 0 Å². The molecule has 0 radical (unpaired) electrons. The summed E-state index contributed by atoms with van der Waals surface area (Å²) in [5.41, 5.74) is 3.59. The molecule has 0 unspecified atom stereocenters. The van der Waals surface area contributed by atoms with Crippen LogP contribution in [0.4, 0.5) is 5.82 Å². The molecule has 6 nitrogen and oxygen atoms in total. The lowest BCUT2D eigenvalue weighted by Gasteiger charge is -2.38. The standard InChI is InChI=1S/C25H32ClN5O.2ClH/c1-18-4-9-22-23(18)24(28-17-27-22)30-12-14-31(15-13-30)25(32)21(16-29-10-2-3-11-29)19-5-7-20(26)8-6-19;;/h5-8,17-18,21H,2-4,9-16H2,1H3;2*1H/t18-,21-;;/m1../s1. The first-order valence-corrected chi connectivity index (χ1v) is 12.3. The first-order chi connectivity index (χ1) is 15.6. The lowest BCUT2D eigenvalue weighted by atomic mass is 9.96. The van der Waals surface area contributed by atoms with Crippen LogP contribution in [0.25, 0.3) is 0 Å². The van der Waals surface area contributed by atoms with Crippen LogP contribution in [-0.4, -0.2) is 71.5 Å². The van der Waals surface area contributed by atoms with Gasteiger partial charge in [0, 0.05) is 49.0 Å². The number of halogens is 3. The monoisotopic (exact) mass is 525 g/mol. The number of amides is 1. The fraction of sp³-hybridized carbons (Fsp3) is 0.560. The number of rotatable bonds is 5. The molecule has 3 heterocycles. The number of likely N-dealkylation sites (tertiary alicyclic amines) is 1. The van der Waals surface area contributed by atoms with E-state index in [2.05, 4.69) is 31.6 Å². The van der Waals surface area contributed by atoms with Crippen LogP contribution in [-0.2, 0) is 11.2 Å². The quantitative estimate of drug-likeness (QED) is 0.572. The Bertz CT molecular complexity index is 960. The van der Waals surface area contributed by atoms with Crippen molar-refractivity contribution < 1.29 is 4.79 Å².